The van der Waals surface area contributed by atoms with Gasteiger partial charge in [0.05, 0.1) is 11.8 Å². The molecule has 1 rings (SSSR count). The molecule has 0 spiro atoms. The van der Waals surface area contributed by atoms with E-state index in [1.807, 2.05) is 0 Å². The Labute approximate surface area is 82.9 Å². The number of rotatable bonds is 2. The van der Waals surface area contributed by atoms with Crippen molar-refractivity contribution in [3.05, 3.63) is 0 Å². The largest absolute Gasteiger partial charge is 0.481 e. The number of carbonyl (C=O) groups is 2. The van der Waals surface area contributed by atoms with Crippen molar-refractivity contribution in [3.8, 4) is 0 Å². The van der Waals surface area contributed by atoms with Crippen LogP contribution in [-0.2, 0) is 9.59 Å². The second-order valence-corrected chi connectivity index (χ2v) is 4.53. The molecule has 2 unspecified atom stereocenters. The first-order chi connectivity index (χ1) is 6.37. The Balaban J connectivity index is 2.92. The standard InChI is InChI=1S/C10H16O4/c1-10(2)6(8(11)12)4-3-5-7(10)9(13)14/h6-7H,3-5H2,1-2H3,(H,11,12)(H,13,14). The average Bonchev–Trinajstić information content (AvgIpc) is 2.01. The van der Waals surface area contributed by atoms with Crippen molar-refractivity contribution >= 4 is 11.9 Å². The number of hydrogen-bond donors (Lipinski definition) is 2. The van der Waals surface area contributed by atoms with Gasteiger partial charge in [-0.25, -0.2) is 0 Å². The van der Waals surface area contributed by atoms with Crippen molar-refractivity contribution in [1.29, 1.82) is 0 Å². The Kier molecular flexibility index (Phi) is 2.83. The molecule has 0 aliphatic heterocycles. The summed E-state index contributed by atoms with van der Waals surface area (Å²) in [5.74, 6) is -2.81. The van der Waals surface area contributed by atoms with Gasteiger partial charge >= 0.3 is 11.9 Å². The zero-order valence-electron chi connectivity index (χ0n) is 8.49. The smallest absolute Gasteiger partial charge is 0.307 e. The molecule has 2 atom stereocenters. The summed E-state index contributed by atoms with van der Waals surface area (Å²) in [5, 5.41) is 18.0. The topological polar surface area (TPSA) is 74.6 Å². The Hall–Kier alpha value is -1.06. The molecule has 4 nitrogen and oxygen atoms in total. The summed E-state index contributed by atoms with van der Waals surface area (Å²) in [6, 6.07) is 0. The third-order valence-electron chi connectivity index (χ3n) is 3.38. The van der Waals surface area contributed by atoms with Crippen LogP contribution in [-0.4, -0.2) is 22.2 Å². The molecule has 1 aliphatic carbocycles. The molecule has 0 radical (unpaired) electrons. The highest BCUT2D eigenvalue weighted by Gasteiger charge is 2.47. The number of hydrogen-bond acceptors (Lipinski definition) is 2. The zero-order valence-corrected chi connectivity index (χ0v) is 8.49. The molecule has 1 fully saturated rings. The third-order valence-corrected chi connectivity index (χ3v) is 3.38. The van der Waals surface area contributed by atoms with E-state index in [4.69, 9.17) is 10.2 Å². The molecular weight excluding hydrogens is 184 g/mol. The highest BCUT2D eigenvalue weighted by molar-refractivity contribution is 5.76. The first-order valence-corrected chi connectivity index (χ1v) is 4.83. The molecule has 0 bridgehead atoms. The van der Waals surface area contributed by atoms with Crippen LogP contribution in [0.25, 0.3) is 0 Å². The van der Waals surface area contributed by atoms with Crippen molar-refractivity contribution in [2.24, 2.45) is 17.3 Å². The third kappa shape index (κ3) is 1.74. The van der Waals surface area contributed by atoms with Crippen LogP contribution in [0.3, 0.4) is 0 Å². The summed E-state index contributed by atoms with van der Waals surface area (Å²) in [5.41, 5.74) is -0.643. The lowest BCUT2D eigenvalue weighted by atomic mass is 9.62. The molecule has 80 valence electrons. The van der Waals surface area contributed by atoms with E-state index in [0.29, 0.717) is 19.3 Å². The monoisotopic (exact) mass is 200 g/mol. The predicted octanol–water partition coefficient (Wildman–Crippen LogP) is 1.60. The van der Waals surface area contributed by atoms with Gasteiger partial charge in [0.2, 0.25) is 0 Å². The van der Waals surface area contributed by atoms with E-state index < -0.39 is 29.2 Å². The Morgan fingerprint density at radius 2 is 1.43 bits per heavy atom. The lowest BCUT2D eigenvalue weighted by molar-refractivity contribution is -0.158. The van der Waals surface area contributed by atoms with Gasteiger partial charge in [-0.2, -0.15) is 0 Å². The van der Waals surface area contributed by atoms with E-state index in [2.05, 4.69) is 0 Å². The van der Waals surface area contributed by atoms with Crippen LogP contribution in [0.4, 0.5) is 0 Å². The van der Waals surface area contributed by atoms with E-state index in [0.717, 1.165) is 0 Å². The highest BCUT2D eigenvalue weighted by Crippen LogP contribution is 2.45. The fraction of sp³-hybridized carbons (Fsp3) is 0.800. The van der Waals surface area contributed by atoms with Crippen LogP contribution in [0.1, 0.15) is 33.1 Å². The summed E-state index contributed by atoms with van der Waals surface area (Å²) in [6.45, 7) is 3.48. The van der Waals surface area contributed by atoms with Crippen molar-refractivity contribution in [2.45, 2.75) is 33.1 Å². The van der Waals surface area contributed by atoms with Crippen LogP contribution in [0.5, 0.6) is 0 Å². The molecule has 0 aromatic carbocycles. The van der Waals surface area contributed by atoms with E-state index in [9.17, 15) is 9.59 Å². The van der Waals surface area contributed by atoms with E-state index >= 15 is 0 Å². The molecule has 1 saturated carbocycles. The molecule has 0 amide bonds. The van der Waals surface area contributed by atoms with E-state index in [1.54, 1.807) is 13.8 Å². The van der Waals surface area contributed by atoms with Crippen LogP contribution in [0, 0.1) is 17.3 Å². The van der Waals surface area contributed by atoms with E-state index in [1.165, 1.54) is 0 Å². The van der Waals surface area contributed by atoms with Crippen LogP contribution < -0.4 is 0 Å². The van der Waals surface area contributed by atoms with Gasteiger partial charge in [0.1, 0.15) is 0 Å². The number of carboxylic acid groups (broad SMARTS) is 2. The fourth-order valence-electron chi connectivity index (χ4n) is 2.40. The maximum atomic E-state index is 10.9. The Bertz CT molecular complexity index is 233. The summed E-state index contributed by atoms with van der Waals surface area (Å²) in [4.78, 5) is 21.9. The van der Waals surface area contributed by atoms with Gasteiger partial charge in [-0.3, -0.25) is 9.59 Å². The molecule has 0 saturated heterocycles. The maximum absolute atomic E-state index is 10.9. The lowest BCUT2D eigenvalue weighted by Gasteiger charge is -2.40. The molecule has 14 heavy (non-hydrogen) atoms. The molecule has 0 heterocycles. The Morgan fingerprint density at radius 3 is 1.71 bits per heavy atom. The summed E-state index contributed by atoms with van der Waals surface area (Å²) >= 11 is 0. The first kappa shape index (κ1) is 11.0. The van der Waals surface area contributed by atoms with Gasteiger partial charge in [0.25, 0.3) is 0 Å². The van der Waals surface area contributed by atoms with Gasteiger partial charge in [0, 0.05) is 0 Å². The number of carboxylic acids is 2. The molecule has 2 N–H and O–H groups in total. The van der Waals surface area contributed by atoms with Crippen LogP contribution >= 0.6 is 0 Å². The van der Waals surface area contributed by atoms with E-state index in [-0.39, 0.29) is 0 Å². The minimum Gasteiger partial charge on any atom is -0.481 e. The van der Waals surface area contributed by atoms with Crippen molar-refractivity contribution < 1.29 is 19.8 Å². The predicted molar refractivity (Wildman–Crippen MR) is 49.9 cm³/mol. The van der Waals surface area contributed by atoms with Crippen molar-refractivity contribution in [2.75, 3.05) is 0 Å². The van der Waals surface area contributed by atoms with Gasteiger partial charge in [-0.05, 0) is 18.3 Å². The maximum Gasteiger partial charge on any atom is 0.307 e. The summed E-state index contributed by atoms with van der Waals surface area (Å²) in [6.07, 6.45) is 1.87. The second kappa shape index (κ2) is 3.59. The molecule has 0 aromatic heterocycles. The zero-order chi connectivity index (χ0) is 10.9. The minimum absolute atomic E-state index is 0.530. The molecular formula is C10H16O4. The summed E-state index contributed by atoms with van der Waals surface area (Å²) in [7, 11) is 0. The van der Waals surface area contributed by atoms with Gasteiger partial charge in [0.15, 0.2) is 0 Å². The Morgan fingerprint density at radius 1 is 1.07 bits per heavy atom. The molecule has 0 aromatic rings. The number of aliphatic carboxylic acids is 2. The minimum atomic E-state index is -0.874. The highest BCUT2D eigenvalue weighted by atomic mass is 16.4. The molecule has 4 heteroatoms. The van der Waals surface area contributed by atoms with Crippen molar-refractivity contribution in [3.63, 3.8) is 0 Å². The van der Waals surface area contributed by atoms with Crippen LogP contribution in [0.2, 0.25) is 0 Å². The van der Waals surface area contributed by atoms with Crippen molar-refractivity contribution in [1.82, 2.24) is 0 Å². The fourth-order valence-corrected chi connectivity index (χ4v) is 2.40. The van der Waals surface area contributed by atoms with Crippen LogP contribution in [0.15, 0.2) is 0 Å². The lowest BCUT2D eigenvalue weighted by Crippen LogP contribution is -2.43. The van der Waals surface area contributed by atoms with Gasteiger partial charge in [-0.15, -0.1) is 0 Å². The van der Waals surface area contributed by atoms with Gasteiger partial charge < -0.3 is 10.2 Å². The quantitative estimate of drug-likeness (QED) is 0.710. The molecule has 1 aliphatic rings. The average molecular weight is 200 g/mol. The normalized spacial score (nSPS) is 31.0. The van der Waals surface area contributed by atoms with Gasteiger partial charge in [-0.1, -0.05) is 20.3 Å². The SMILES string of the molecule is CC1(C)C(C(=O)O)CCCC1C(=O)O. The first-order valence-electron chi connectivity index (χ1n) is 4.83. The second-order valence-electron chi connectivity index (χ2n) is 4.53. The summed E-state index contributed by atoms with van der Waals surface area (Å²) < 4.78 is 0.